The summed E-state index contributed by atoms with van der Waals surface area (Å²) in [6, 6.07) is 0. The molecule has 0 aromatic carbocycles. The van der Waals surface area contributed by atoms with Crippen molar-refractivity contribution in [1.29, 1.82) is 0 Å². The Labute approximate surface area is 85.2 Å². The maximum Gasteiger partial charge on any atom is -0.00773 e. The Morgan fingerprint density at radius 3 is 1.92 bits per heavy atom. The number of hydrogen-bond acceptors (Lipinski definition) is 1. The highest BCUT2D eigenvalue weighted by atomic mass is 31.1. The van der Waals surface area contributed by atoms with Crippen molar-refractivity contribution >= 4 is 7.92 Å². The number of nitrogens with two attached hydrogens (primary N) is 1. The summed E-state index contributed by atoms with van der Waals surface area (Å²) in [7, 11) is 0.395. The Kier molecular flexibility index (Phi) is 10.8. The second kappa shape index (κ2) is 10.5. The lowest BCUT2D eigenvalue weighted by molar-refractivity contribution is 0.639. The normalized spacial score (nSPS) is 11.1. The molecule has 0 aromatic rings. The molecule has 2 heteroatoms. The highest BCUT2D eigenvalue weighted by Gasteiger charge is 2.00. The summed E-state index contributed by atoms with van der Waals surface area (Å²) in [6.45, 7) is 5.55. The van der Waals surface area contributed by atoms with Crippen LogP contribution in [0.5, 0.6) is 0 Å². The predicted octanol–water partition coefficient (Wildman–Crippen LogP) is 3.42. The molecule has 0 aliphatic carbocycles. The first-order valence-electron chi connectivity index (χ1n) is 5.77. The maximum atomic E-state index is 5.44. The molecule has 0 amide bonds. The molecule has 0 aliphatic heterocycles. The molecule has 0 bridgehead atoms. The average molecular weight is 203 g/mol. The van der Waals surface area contributed by atoms with Gasteiger partial charge in [-0.2, -0.15) is 0 Å². The largest absolute Gasteiger partial charge is 0.330 e. The van der Waals surface area contributed by atoms with Crippen LogP contribution in [0.2, 0.25) is 0 Å². The predicted molar refractivity (Wildman–Crippen MR) is 65.0 cm³/mol. The first kappa shape index (κ1) is 13.4. The molecule has 0 radical (unpaired) electrons. The minimum absolute atomic E-state index is 0.395. The second-order valence-electron chi connectivity index (χ2n) is 3.58. The minimum atomic E-state index is 0.395. The highest BCUT2D eigenvalue weighted by Crippen LogP contribution is 2.35. The van der Waals surface area contributed by atoms with Gasteiger partial charge in [0.1, 0.15) is 0 Å². The molecule has 0 aliphatic rings. The third-order valence-corrected chi connectivity index (χ3v) is 5.31. The van der Waals surface area contributed by atoms with Crippen molar-refractivity contribution in [3.05, 3.63) is 0 Å². The van der Waals surface area contributed by atoms with Gasteiger partial charge in [-0.05, 0) is 37.9 Å². The quantitative estimate of drug-likeness (QED) is 0.451. The summed E-state index contributed by atoms with van der Waals surface area (Å²) in [6.07, 6.45) is 11.2. The van der Waals surface area contributed by atoms with Crippen LogP contribution < -0.4 is 5.73 Å². The first-order chi connectivity index (χ1) is 6.35. The standard InChI is InChI=1S/C11H26NP/c1-3-13(4-2)11-9-7-5-6-8-10-12/h3-12H2,1-2H3. The van der Waals surface area contributed by atoms with E-state index < -0.39 is 0 Å². The van der Waals surface area contributed by atoms with Crippen LogP contribution in [0.15, 0.2) is 0 Å². The summed E-state index contributed by atoms with van der Waals surface area (Å²) >= 11 is 0. The third kappa shape index (κ3) is 8.71. The van der Waals surface area contributed by atoms with Gasteiger partial charge in [0.25, 0.3) is 0 Å². The smallest absolute Gasteiger partial charge is 0.00773 e. The fourth-order valence-corrected chi connectivity index (χ4v) is 3.30. The Morgan fingerprint density at radius 2 is 1.38 bits per heavy atom. The van der Waals surface area contributed by atoms with Crippen LogP contribution in [0.1, 0.15) is 46.0 Å². The van der Waals surface area contributed by atoms with Crippen LogP contribution in [0.25, 0.3) is 0 Å². The van der Waals surface area contributed by atoms with Crippen molar-refractivity contribution in [3.8, 4) is 0 Å². The molecule has 0 aromatic heterocycles. The van der Waals surface area contributed by atoms with Crippen molar-refractivity contribution in [1.82, 2.24) is 0 Å². The number of hydrogen-bond donors (Lipinski definition) is 1. The molecular weight excluding hydrogens is 177 g/mol. The van der Waals surface area contributed by atoms with Crippen LogP contribution >= 0.6 is 7.92 Å². The molecule has 0 spiro atoms. The monoisotopic (exact) mass is 203 g/mol. The molecule has 0 unspecified atom stereocenters. The van der Waals surface area contributed by atoms with Gasteiger partial charge in [0.2, 0.25) is 0 Å². The fraction of sp³-hybridized carbons (Fsp3) is 1.00. The molecular formula is C11H26NP. The zero-order chi connectivity index (χ0) is 9.94. The van der Waals surface area contributed by atoms with Crippen LogP contribution in [0.4, 0.5) is 0 Å². The molecule has 2 N–H and O–H groups in total. The van der Waals surface area contributed by atoms with Gasteiger partial charge >= 0.3 is 0 Å². The van der Waals surface area contributed by atoms with Crippen molar-refractivity contribution in [2.45, 2.75) is 46.0 Å². The second-order valence-corrected chi connectivity index (χ2v) is 6.64. The van der Waals surface area contributed by atoms with E-state index in [4.69, 9.17) is 5.73 Å². The molecule has 80 valence electrons. The molecule has 1 nitrogen and oxygen atoms in total. The van der Waals surface area contributed by atoms with Gasteiger partial charge in [-0.15, -0.1) is 7.92 Å². The van der Waals surface area contributed by atoms with Gasteiger partial charge in [-0.3, -0.25) is 0 Å². The lowest BCUT2D eigenvalue weighted by atomic mass is 10.2. The van der Waals surface area contributed by atoms with E-state index in [1.54, 1.807) is 0 Å². The van der Waals surface area contributed by atoms with E-state index in [0.29, 0.717) is 7.92 Å². The van der Waals surface area contributed by atoms with Gasteiger partial charge < -0.3 is 5.73 Å². The van der Waals surface area contributed by atoms with Gasteiger partial charge in [0.15, 0.2) is 0 Å². The van der Waals surface area contributed by atoms with E-state index >= 15 is 0 Å². The summed E-state index contributed by atoms with van der Waals surface area (Å²) in [4.78, 5) is 0. The zero-order valence-corrected chi connectivity index (χ0v) is 10.3. The van der Waals surface area contributed by atoms with Crippen LogP contribution in [-0.4, -0.2) is 25.0 Å². The highest BCUT2D eigenvalue weighted by molar-refractivity contribution is 7.57. The Balaban J connectivity index is 3.05. The van der Waals surface area contributed by atoms with E-state index in [-0.39, 0.29) is 0 Å². The fourth-order valence-electron chi connectivity index (χ4n) is 1.55. The van der Waals surface area contributed by atoms with E-state index in [1.807, 2.05) is 0 Å². The van der Waals surface area contributed by atoms with E-state index in [2.05, 4.69) is 13.8 Å². The lowest BCUT2D eigenvalue weighted by Gasteiger charge is -2.12. The van der Waals surface area contributed by atoms with Gasteiger partial charge in [0, 0.05) is 0 Å². The molecule has 0 atom stereocenters. The van der Waals surface area contributed by atoms with E-state index in [0.717, 1.165) is 6.54 Å². The average Bonchev–Trinajstić information content (AvgIpc) is 2.17. The molecule has 0 saturated carbocycles. The zero-order valence-electron chi connectivity index (χ0n) is 9.39. The van der Waals surface area contributed by atoms with Crippen LogP contribution in [0, 0.1) is 0 Å². The summed E-state index contributed by atoms with van der Waals surface area (Å²) < 4.78 is 0. The first-order valence-corrected chi connectivity index (χ1v) is 7.67. The molecule has 0 rings (SSSR count). The van der Waals surface area contributed by atoms with Crippen molar-refractivity contribution in [2.75, 3.05) is 25.0 Å². The van der Waals surface area contributed by atoms with E-state index in [9.17, 15) is 0 Å². The molecule has 0 heterocycles. The maximum absolute atomic E-state index is 5.44. The summed E-state index contributed by atoms with van der Waals surface area (Å²) in [5.41, 5.74) is 5.44. The van der Waals surface area contributed by atoms with E-state index in [1.165, 1.54) is 50.6 Å². The van der Waals surface area contributed by atoms with Gasteiger partial charge in [-0.25, -0.2) is 0 Å². The SMILES string of the molecule is CCP(CC)CCCCCCCN. The van der Waals surface area contributed by atoms with Crippen LogP contribution in [-0.2, 0) is 0 Å². The molecule has 0 saturated heterocycles. The Bertz CT molecular complexity index is 92.1. The van der Waals surface area contributed by atoms with Crippen molar-refractivity contribution in [3.63, 3.8) is 0 Å². The van der Waals surface area contributed by atoms with Crippen molar-refractivity contribution < 1.29 is 0 Å². The number of rotatable bonds is 9. The molecule has 13 heavy (non-hydrogen) atoms. The molecule has 0 fully saturated rings. The Hall–Kier alpha value is 0.390. The van der Waals surface area contributed by atoms with Gasteiger partial charge in [-0.1, -0.05) is 33.1 Å². The topological polar surface area (TPSA) is 26.0 Å². The Morgan fingerprint density at radius 1 is 0.846 bits per heavy atom. The summed E-state index contributed by atoms with van der Waals surface area (Å²) in [5, 5.41) is 0. The third-order valence-electron chi connectivity index (χ3n) is 2.57. The van der Waals surface area contributed by atoms with Crippen LogP contribution in [0.3, 0.4) is 0 Å². The van der Waals surface area contributed by atoms with Gasteiger partial charge in [0.05, 0.1) is 0 Å². The number of unbranched alkanes of at least 4 members (excludes halogenated alkanes) is 4. The summed E-state index contributed by atoms with van der Waals surface area (Å²) in [5.74, 6) is 0. The minimum Gasteiger partial charge on any atom is -0.330 e. The van der Waals surface area contributed by atoms with Crippen molar-refractivity contribution in [2.24, 2.45) is 5.73 Å². The lowest BCUT2D eigenvalue weighted by Crippen LogP contribution is -1.97.